The summed E-state index contributed by atoms with van der Waals surface area (Å²) in [6.07, 6.45) is 1.67. The first kappa shape index (κ1) is 17.0. The number of rotatable bonds is 5. The van der Waals surface area contributed by atoms with E-state index in [-0.39, 0.29) is 18.1 Å². The van der Waals surface area contributed by atoms with Crippen LogP contribution in [0.3, 0.4) is 0 Å². The quantitative estimate of drug-likeness (QED) is 0.900. The number of carbonyl (C=O) groups excluding carboxylic acids is 1. The lowest BCUT2D eigenvalue weighted by Gasteiger charge is -2.33. The van der Waals surface area contributed by atoms with Crippen molar-refractivity contribution >= 4 is 23.2 Å². The highest BCUT2D eigenvalue weighted by Crippen LogP contribution is 2.19. The molecule has 1 aliphatic rings. The van der Waals surface area contributed by atoms with E-state index in [1.165, 1.54) is 12.1 Å². The molecule has 1 saturated heterocycles. The molecule has 1 aromatic carbocycles. The van der Waals surface area contributed by atoms with Gasteiger partial charge in [0.15, 0.2) is 0 Å². The molecule has 24 heavy (non-hydrogen) atoms. The summed E-state index contributed by atoms with van der Waals surface area (Å²) in [5, 5.41) is 2.89. The summed E-state index contributed by atoms with van der Waals surface area (Å²) in [6.45, 7) is 4.33. The average molecular weight is 352 g/mol. The Labute approximate surface area is 145 Å². The Morgan fingerprint density at radius 3 is 2.62 bits per heavy atom. The van der Waals surface area contributed by atoms with E-state index in [2.05, 4.69) is 15.1 Å². The number of hydrogen-bond donors (Lipinski definition) is 1. The van der Waals surface area contributed by atoms with E-state index >= 15 is 0 Å². The molecule has 0 radical (unpaired) electrons. The van der Waals surface area contributed by atoms with Gasteiger partial charge in [0.1, 0.15) is 11.6 Å². The van der Waals surface area contributed by atoms with Gasteiger partial charge in [-0.3, -0.25) is 14.6 Å². The van der Waals surface area contributed by atoms with Gasteiger partial charge < -0.3 is 9.73 Å². The molecule has 5 nitrogen and oxygen atoms in total. The van der Waals surface area contributed by atoms with Gasteiger partial charge in [-0.25, -0.2) is 4.39 Å². The number of carbonyl (C=O) groups is 1. The van der Waals surface area contributed by atoms with Gasteiger partial charge >= 0.3 is 0 Å². The molecular formula is C17H19ClFN3O2. The SMILES string of the molecule is O=C(CN1CCN(Cc2ccco2)CC1)Nc1ccc(Cl)cc1F. The fourth-order valence-corrected chi connectivity index (χ4v) is 2.87. The molecule has 128 valence electrons. The molecular weight excluding hydrogens is 333 g/mol. The number of nitrogens with one attached hydrogen (secondary N) is 1. The van der Waals surface area contributed by atoms with Crippen LogP contribution in [0.15, 0.2) is 41.0 Å². The normalized spacial score (nSPS) is 16.2. The first-order chi connectivity index (χ1) is 11.6. The molecule has 7 heteroatoms. The van der Waals surface area contributed by atoms with Gasteiger partial charge in [0.05, 0.1) is 25.0 Å². The number of halogens is 2. The van der Waals surface area contributed by atoms with Crippen LogP contribution in [0.5, 0.6) is 0 Å². The van der Waals surface area contributed by atoms with Crippen molar-refractivity contribution in [2.24, 2.45) is 0 Å². The van der Waals surface area contributed by atoms with Crippen LogP contribution in [0, 0.1) is 5.82 Å². The summed E-state index contributed by atoms with van der Waals surface area (Å²) in [5.41, 5.74) is 0.154. The van der Waals surface area contributed by atoms with Crippen molar-refractivity contribution in [1.82, 2.24) is 9.80 Å². The third-order valence-electron chi connectivity index (χ3n) is 4.00. The van der Waals surface area contributed by atoms with Crippen molar-refractivity contribution in [3.8, 4) is 0 Å². The van der Waals surface area contributed by atoms with Gasteiger partial charge in [0.2, 0.25) is 5.91 Å². The van der Waals surface area contributed by atoms with Crippen molar-refractivity contribution in [3.63, 3.8) is 0 Å². The molecule has 0 atom stereocenters. The molecule has 1 N–H and O–H groups in total. The maximum absolute atomic E-state index is 13.7. The summed E-state index contributed by atoms with van der Waals surface area (Å²) in [5.74, 6) is 0.189. The number of anilines is 1. The van der Waals surface area contributed by atoms with Crippen LogP contribution in [-0.2, 0) is 11.3 Å². The molecule has 0 spiro atoms. The largest absolute Gasteiger partial charge is 0.468 e. The van der Waals surface area contributed by atoms with Crippen molar-refractivity contribution in [2.45, 2.75) is 6.54 Å². The highest BCUT2D eigenvalue weighted by Gasteiger charge is 2.20. The van der Waals surface area contributed by atoms with E-state index in [4.69, 9.17) is 16.0 Å². The van der Waals surface area contributed by atoms with Gasteiger partial charge in [0, 0.05) is 31.2 Å². The van der Waals surface area contributed by atoms with Crippen molar-refractivity contribution in [2.75, 3.05) is 38.0 Å². The summed E-state index contributed by atoms with van der Waals surface area (Å²) in [7, 11) is 0. The maximum atomic E-state index is 13.7. The highest BCUT2D eigenvalue weighted by atomic mass is 35.5. The third kappa shape index (κ3) is 4.56. The summed E-state index contributed by atoms with van der Waals surface area (Å²) in [6, 6.07) is 8.04. The van der Waals surface area contributed by atoms with Crippen molar-refractivity contribution < 1.29 is 13.6 Å². The Morgan fingerprint density at radius 2 is 1.96 bits per heavy atom. The number of benzene rings is 1. The Bertz CT molecular complexity index is 685. The second-order valence-corrected chi connectivity index (χ2v) is 6.24. The third-order valence-corrected chi connectivity index (χ3v) is 4.23. The highest BCUT2D eigenvalue weighted by molar-refractivity contribution is 6.30. The minimum absolute atomic E-state index is 0.154. The Kier molecular flexibility index (Phi) is 5.50. The topological polar surface area (TPSA) is 48.7 Å². The zero-order chi connectivity index (χ0) is 16.9. The van der Waals surface area contributed by atoms with E-state index in [9.17, 15) is 9.18 Å². The van der Waals surface area contributed by atoms with E-state index in [0.29, 0.717) is 5.02 Å². The standard InChI is InChI=1S/C17H19ClFN3O2/c18-13-3-4-16(15(19)10-13)20-17(23)12-22-7-5-21(6-8-22)11-14-2-1-9-24-14/h1-4,9-10H,5-8,11-12H2,(H,20,23). The number of hydrogen-bond acceptors (Lipinski definition) is 4. The molecule has 1 amide bonds. The number of amides is 1. The molecule has 0 unspecified atom stereocenters. The molecule has 1 fully saturated rings. The fraction of sp³-hybridized carbons (Fsp3) is 0.353. The summed E-state index contributed by atoms with van der Waals surface area (Å²) < 4.78 is 19.0. The maximum Gasteiger partial charge on any atom is 0.238 e. The second-order valence-electron chi connectivity index (χ2n) is 5.80. The van der Waals surface area contributed by atoms with E-state index in [0.717, 1.165) is 38.5 Å². The summed E-state index contributed by atoms with van der Waals surface area (Å²) >= 11 is 5.70. The Balaban J connectivity index is 1.44. The van der Waals surface area contributed by atoms with Crippen LogP contribution in [0.1, 0.15) is 5.76 Å². The fourth-order valence-electron chi connectivity index (χ4n) is 2.71. The van der Waals surface area contributed by atoms with Crippen LogP contribution in [0.4, 0.5) is 10.1 Å². The van der Waals surface area contributed by atoms with E-state index in [1.54, 1.807) is 12.3 Å². The zero-order valence-electron chi connectivity index (χ0n) is 13.2. The summed E-state index contributed by atoms with van der Waals surface area (Å²) in [4.78, 5) is 16.4. The lowest BCUT2D eigenvalue weighted by Crippen LogP contribution is -2.48. The molecule has 3 rings (SSSR count). The monoisotopic (exact) mass is 351 g/mol. The molecule has 0 bridgehead atoms. The van der Waals surface area contributed by atoms with Crippen LogP contribution >= 0.6 is 11.6 Å². The number of piperazine rings is 1. The smallest absolute Gasteiger partial charge is 0.238 e. The molecule has 1 aromatic heterocycles. The molecule has 0 aliphatic carbocycles. The van der Waals surface area contributed by atoms with E-state index in [1.807, 2.05) is 12.1 Å². The van der Waals surface area contributed by atoms with Gasteiger partial charge in [0.25, 0.3) is 0 Å². The van der Waals surface area contributed by atoms with Crippen LogP contribution < -0.4 is 5.32 Å². The Morgan fingerprint density at radius 1 is 1.21 bits per heavy atom. The average Bonchev–Trinajstić information content (AvgIpc) is 3.05. The van der Waals surface area contributed by atoms with Gasteiger partial charge in [-0.05, 0) is 30.3 Å². The van der Waals surface area contributed by atoms with Gasteiger partial charge in [-0.2, -0.15) is 0 Å². The van der Waals surface area contributed by atoms with Crippen LogP contribution in [0.25, 0.3) is 0 Å². The first-order valence-electron chi connectivity index (χ1n) is 7.82. The lowest BCUT2D eigenvalue weighted by molar-refractivity contribution is -0.117. The van der Waals surface area contributed by atoms with Crippen LogP contribution in [0.2, 0.25) is 5.02 Å². The predicted molar refractivity (Wildman–Crippen MR) is 90.5 cm³/mol. The molecule has 2 heterocycles. The predicted octanol–water partition coefficient (Wildman–Crippen LogP) is 2.83. The lowest BCUT2D eigenvalue weighted by atomic mass is 10.2. The molecule has 1 aliphatic heterocycles. The van der Waals surface area contributed by atoms with Crippen molar-refractivity contribution in [1.29, 1.82) is 0 Å². The van der Waals surface area contributed by atoms with Crippen LogP contribution in [-0.4, -0.2) is 48.4 Å². The van der Waals surface area contributed by atoms with Gasteiger partial charge in [-0.1, -0.05) is 11.6 Å². The number of furan rings is 1. The Hall–Kier alpha value is -1.89. The minimum atomic E-state index is -0.529. The second kappa shape index (κ2) is 7.79. The molecule has 2 aromatic rings. The minimum Gasteiger partial charge on any atom is -0.468 e. The van der Waals surface area contributed by atoms with Crippen molar-refractivity contribution in [3.05, 3.63) is 53.2 Å². The van der Waals surface area contributed by atoms with Gasteiger partial charge in [-0.15, -0.1) is 0 Å². The molecule has 0 saturated carbocycles. The zero-order valence-corrected chi connectivity index (χ0v) is 13.9. The van der Waals surface area contributed by atoms with E-state index < -0.39 is 5.82 Å². The first-order valence-corrected chi connectivity index (χ1v) is 8.20. The number of nitrogens with zero attached hydrogens (tertiary/aromatic N) is 2.